The number of guanidine groups is 1. The minimum Gasteiger partial charge on any atom is -0.481 e. The van der Waals surface area contributed by atoms with Crippen LogP contribution in [0.2, 0.25) is 0 Å². The van der Waals surface area contributed by atoms with E-state index < -0.39 is 78.2 Å². The maximum absolute atomic E-state index is 13.6. The highest BCUT2D eigenvalue weighted by Crippen LogP contribution is 2.12. The first-order valence-electron chi connectivity index (χ1n) is 19.1. The summed E-state index contributed by atoms with van der Waals surface area (Å²) in [6.45, 7) is 5.12. The van der Waals surface area contributed by atoms with Crippen molar-refractivity contribution >= 4 is 59.5 Å². The quantitative estimate of drug-likeness (QED) is 0.0199. The van der Waals surface area contributed by atoms with Gasteiger partial charge < -0.3 is 52.6 Å². The zero-order chi connectivity index (χ0) is 40.9. The van der Waals surface area contributed by atoms with Gasteiger partial charge >= 0.3 is 5.97 Å². The Morgan fingerprint density at radius 2 is 1.20 bits per heavy atom. The van der Waals surface area contributed by atoms with Crippen LogP contribution in [-0.2, 0) is 33.6 Å². The fourth-order valence-electron chi connectivity index (χ4n) is 5.43. The average Bonchev–Trinajstić information content (AvgIpc) is 3.11. The molecule has 0 aliphatic heterocycles. The molecule has 0 saturated carbocycles. The minimum atomic E-state index is -1.48. The van der Waals surface area contributed by atoms with E-state index in [-0.39, 0.29) is 44.6 Å². The van der Waals surface area contributed by atoms with Gasteiger partial charge in [-0.05, 0) is 58.0 Å². The number of aliphatic hydroxyl groups is 1. The first-order chi connectivity index (χ1) is 25.7. The van der Waals surface area contributed by atoms with Crippen LogP contribution < -0.4 is 37.6 Å². The number of carboxylic acids is 1. The summed E-state index contributed by atoms with van der Waals surface area (Å²) in [5, 5.41) is 42.3. The van der Waals surface area contributed by atoms with Gasteiger partial charge in [0.05, 0.1) is 12.1 Å². The molecule has 0 bridgehead atoms. The van der Waals surface area contributed by atoms with Crippen LogP contribution in [0.4, 0.5) is 0 Å². The van der Waals surface area contributed by atoms with Gasteiger partial charge in [-0.3, -0.25) is 34.2 Å². The Balaban J connectivity index is 5.73. The van der Waals surface area contributed by atoms with Crippen molar-refractivity contribution in [1.29, 1.82) is 5.41 Å². The second-order valence-electron chi connectivity index (χ2n) is 13.5. The van der Waals surface area contributed by atoms with Crippen LogP contribution in [0.3, 0.4) is 0 Å². The molecule has 0 aliphatic rings. The Bertz CT molecular complexity index is 1180. The van der Waals surface area contributed by atoms with E-state index >= 15 is 0 Å². The Hall–Kier alpha value is -3.93. The van der Waals surface area contributed by atoms with Crippen LogP contribution in [-0.4, -0.2) is 113 Å². The maximum atomic E-state index is 13.6. The predicted octanol–water partition coefficient (Wildman–Crippen LogP) is 1.20. The van der Waals surface area contributed by atoms with Gasteiger partial charge in [-0.25, -0.2) is 0 Å². The smallest absolute Gasteiger partial charge is 0.303 e. The van der Waals surface area contributed by atoms with E-state index in [1.807, 2.05) is 6.26 Å². The molecule has 11 N–H and O–H groups in total. The molecule has 0 radical (unpaired) electrons. The van der Waals surface area contributed by atoms with E-state index in [1.54, 1.807) is 0 Å². The summed E-state index contributed by atoms with van der Waals surface area (Å²) < 4.78 is 0. The van der Waals surface area contributed by atoms with E-state index in [4.69, 9.17) is 11.1 Å². The number of rotatable bonds is 32. The van der Waals surface area contributed by atoms with Gasteiger partial charge in [0.1, 0.15) is 30.5 Å². The second-order valence-corrected chi connectivity index (χ2v) is 14.5. The SMILES string of the molecule is CCCCCCCCCCCCC(=O)N[C@H](C(=O)NC(CCC(=O)O)C(=O)N[C@@H](CCCNC(=N)N)C(=O)NC(CCSC)C(=O)N[C@@H](C)C=O)[C@@H](C)O. The standard InChI is InChI=1S/C36H66N8O9S/c1-5-6-7-8-9-10-11-12-13-14-17-29(47)44-31(25(3)46)35(53)43-27(18-19-30(48)49)34(52)41-26(16-15-21-39-36(37)38)33(51)42-28(20-22-54-4)32(50)40-24(2)23-45/h23-28,31,46H,5-22H2,1-4H3,(H,40,50)(H,41,52)(H,42,51)(H,43,53)(H,44,47)(H,48,49)(H4,37,38,39)/t24-,25+,26-,27?,28?,31-/m0/s1. The zero-order valence-electron chi connectivity index (χ0n) is 32.5. The molecule has 18 heteroatoms. The summed E-state index contributed by atoms with van der Waals surface area (Å²) in [7, 11) is 0. The molecule has 0 rings (SSSR count). The molecule has 0 aromatic heterocycles. The van der Waals surface area contributed by atoms with E-state index in [0.29, 0.717) is 18.5 Å². The Labute approximate surface area is 324 Å². The van der Waals surface area contributed by atoms with Crippen molar-refractivity contribution in [3.05, 3.63) is 0 Å². The molecular formula is C36H66N8O9S. The topological polar surface area (TPSA) is 282 Å². The summed E-state index contributed by atoms with van der Waals surface area (Å²) in [6, 6.07) is -6.07. The largest absolute Gasteiger partial charge is 0.481 e. The lowest BCUT2D eigenvalue weighted by Crippen LogP contribution is -2.60. The van der Waals surface area contributed by atoms with E-state index in [9.17, 15) is 43.8 Å². The van der Waals surface area contributed by atoms with Gasteiger partial charge in [0, 0.05) is 19.4 Å². The van der Waals surface area contributed by atoms with Crippen molar-refractivity contribution in [1.82, 2.24) is 31.9 Å². The molecule has 54 heavy (non-hydrogen) atoms. The highest BCUT2D eigenvalue weighted by atomic mass is 32.2. The Morgan fingerprint density at radius 1 is 0.704 bits per heavy atom. The van der Waals surface area contributed by atoms with Crippen LogP contribution in [0, 0.1) is 5.41 Å². The molecule has 0 saturated heterocycles. The second kappa shape index (κ2) is 30.4. The van der Waals surface area contributed by atoms with Gasteiger partial charge in [0.2, 0.25) is 29.5 Å². The summed E-state index contributed by atoms with van der Waals surface area (Å²) in [5.41, 5.74) is 5.35. The lowest BCUT2D eigenvalue weighted by atomic mass is 10.0. The highest BCUT2D eigenvalue weighted by molar-refractivity contribution is 7.98. The molecule has 2 unspecified atom stereocenters. The van der Waals surface area contributed by atoms with Gasteiger partial charge in [0.25, 0.3) is 0 Å². The maximum Gasteiger partial charge on any atom is 0.303 e. The molecule has 17 nitrogen and oxygen atoms in total. The third kappa shape index (κ3) is 24.4. The number of aldehydes is 1. The van der Waals surface area contributed by atoms with Crippen LogP contribution >= 0.6 is 11.8 Å². The first-order valence-corrected chi connectivity index (χ1v) is 20.5. The number of carbonyl (C=O) groups excluding carboxylic acids is 6. The van der Waals surface area contributed by atoms with Gasteiger partial charge in [-0.1, -0.05) is 64.7 Å². The lowest BCUT2D eigenvalue weighted by Gasteiger charge is -2.27. The fourth-order valence-corrected chi connectivity index (χ4v) is 5.90. The first kappa shape index (κ1) is 50.1. The van der Waals surface area contributed by atoms with Crippen molar-refractivity contribution in [2.45, 2.75) is 160 Å². The van der Waals surface area contributed by atoms with Gasteiger partial charge in [-0.15, -0.1) is 0 Å². The van der Waals surface area contributed by atoms with Crippen molar-refractivity contribution in [2.75, 3.05) is 18.6 Å². The van der Waals surface area contributed by atoms with Crippen molar-refractivity contribution in [3.63, 3.8) is 0 Å². The van der Waals surface area contributed by atoms with E-state index in [1.165, 1.54) is 57.7 Å². The number of nitrogens with one attached hydrogen (secondary N) is 7. The zero-order valence-corrected chi connectivity index (χ0v) is 33.3. The summed E-state index contributed by atoms with van der Waals surface area (Å²) in [6.07, 6.45) is 11.4. The monoisotopic (exact) mass is 786 g/mol. The molecule has 0 heterocycles. The van der Waals surface area contributed by atoms with E-state index in [0.717, 1.165) is 25.7 Å². The van der Waals surface area contributed by atoms with Gasteiger partial charge in [-0.2, -0.15) is 11.8 Å². The predicted molar refractivity (Wildman–Crippen MR) is 209 cm³/mol. The molecule has 5 amide bonds. The fraction of sp³-hybridized carbons (Fsp3) is 0.778. The van der Waals surface area contributed by atoms with E-state index in [2.05, 4.69) is 38.8 Å². The van der Waals surface area contributed by atoms with Crippen LogP contribution in [0.1, 0.15) is 124 Å². The molecule has 0 spiro atoms. The summed E-state index contributed by atoms with van der Waals surface area (Å²) >= 11 is 1.43. The number of aliphatic hydroxyl groups excluding tert-OH is 1. The van der Waals surface area contributed by atoms with Crippen LogP contribution in [0.5, 0.6) is 0 Å². The Morgan fingerprint density at radius 3 is 1.70 bits per heavy atom. The number of hydrogen-bond acceptors (Lipinski definition) is 10. The number of carbonyl (C=O) groups is 7. The summed E-state index contributed by atoms with van der Waals surface area (Å²) in [5.74, 6) is -4.73. The molecule has 6 atom stereocenters. The molecule has 0 aliphatic carbocycles. The van der Waals surface area contributed by atoms with Crippen molar-refractivity contribution < 1.29 is 43.8 Å². The Kier molecular flexibility index (Phi) is 28.2. The summed E-state index contributed by atoms with van der Waals surface area (Å²) in [4.78, 5) is 88.7. The number of thioether (sulfide) groups is 1. The number of amides is 5. The molecule has 0 fully saturated rings. The average molecular weight is 787 g/mol. The third-order valence-corrected chi connectivity index (χ3v) is 9.20. The number of hydrogen-bond donors (Lipinski definition) is 10. The van der Waals surface area contributed by atoms with Gasteiger partial charge in [0.15, 0.2) is 5.96 Å². The number of unbranched alkanes of at least 4 members (excludes halogenated alkanes) is 9. The molecular weight excluding hydrogens is 721 g/mol. The number of nitrogens with two attached hydrogens (primary N) is 1. The third-order valence-electron chi connectivity index (χ3n) is 8.55. The molecule has 0 aromatic rings. The number of carboxylic acid groups (broad SMARTS) is 1. The minimum absolute atomic E-state index is 0.00955. The normalized spacial score (nSPS) is 14.2. The number of aliphatic carboxylic acids is 1. The van der Waals surface area contributed by atoms with Crippen LogP contribution in [0.15, 0.2) is 0 Å². The highest BCUT2D eigenvalue weighted by Gasteiger charge is 2.33. The molecule has 0 aromatic carbocycles. The lowest BCUT2D eigenvalue weighted by molar-refractivity contribution is -0.139. The van der Waals surface area contributed by atoms with Crippen molar-refractivity contribution in [2.24, 2.45) is 5.73 Å². The molecule has 310 valence electrons. The van der Waals surface area contributed by atoms with Crippen molar-refractivity contribution in [3.8, 4) is 0 Å². The van der Waals surface area contributed by atoms with Crippen LogP contribution in [0.25, 0.3) is 0 Å².